The molecule has 0 aliphatic rings. The lowest BCUT2D eigenvalue weighted by Crippen LogP contribution is -2.59. The van der Waals surface area contributed by atoms with E-state index >= 15 is 0 Å². The number of carboxylic acid groups (broad SMARTS) is 1. The van der Waals surface area contributed by atoms with Gasteiger partial charge < -0.3 is 15.3 Å². The van der Waals surface area contributed by atoms with E-state index in [-0.39, 0.29) is 0 Å². The van der Waals surface area contributed by atoms with Crippen LogP contribution in [0.4, 0.5) is 4.39 Å². The Hall–Kier alpha value is -3.35. The summed E-state index contributed by atoms with van der Waals surface area (Å²) in [7, 11) is 0. The highest BCUT2D eigenvalue weighted by atomic mass is 19.1. The maximum Gasteiger partial charge on any atom is 0.317 e. The van der Waals surface area contributed by atoms with Crippen LogP contribution in [0.5, 0.6) is 0 Å². The van der Waals surface area contributed by atoms with E-state index in [1.54, 1.807) is 57.2 Å². The summed E-state index contributed by atoms with van der Waals surface area (Å²) in [5.74, 6) is -2.88. The minimum atomic E-state index is -1.86. The number of hydrogen-bond donors (Lipinski definition) is 3. The molecule has 0 aliphatic carbocycles. The zero-order chi connectivity index (χ0) is 25.1. The number of aliphatic hydroxyl groups is 2. The van der Waals surface area contributed by atoms with Crippen LogP contribution >= 0.6 is 0 Å². The lowest BCUT2D eigenvalue weighted by atomic mass is 9.56. The number of carboxylic acids is 1. The monoisotopic (exact) mass is 463 g/mol. The second-order valence-electron chi connectivity index (χ2n) is 9.46. The van der Waals surface area contributed by atoms with Gasteiger partial charge in [-0.2, -0.15) is 0 Å². The summed E-state index contributed by atoms with van der Waals surface area (Å²) in [6.45, 7) is 9.20. The van der Waals surface area contributed by atoms with E-state index in [0.29, 0.717) is 22.3 Å². The average Bonchev–Trinajstić information content (AvgIpc) is 2.80. The average molecular weight is 464 g/mol. The van der Waals surface area contributed by atoms with Gasteiger partial charge in [0.25, 0.3) is 0 Å². The van der Waals surface area contributed by atoms with Gasteiger partial charge in [-0.1, -0.05) is 75.9 Å². The van der Waals surface area contributed by atoms with Gasteiger partial charge in [0.2, 0.25) is 0 Å². The highest BCUT2D eigenvalue weighted by molar-refractivity contribution is 5.84. The molecule has 178 valence electrons. The molecule has 1 aromatic heterocycles. The molecule has 3 N–H and O–H groups in total. The van der Waals surface area contributed by atoms with Crippen LogP contribution in [0.25, 0.3) is 5.57 Å². The summed E-state index contributed by atoms with van der Waals surface area (Å²) in [5, 5.41) is 34.1. The van der Waals surface area contributed by atoms with Gasteiger partial charge in [0.05, 0.1) is 12.2 Å². The quantitative estimate of drug-likeness (QED) is 0.446. The first kappa shape index (κ1) is 25.3. The molecule has 0 saturated heterocycles. The van der Waals surface area contributed by atoms with Crippen LogP contribution in [-0.2, 0) is 10.2 Å². The number of aliphatic hydroxyl groups excluding tert-OH is 2. The molecule has 6 heteroatoms. The van der Waals surface area contributed by atoms with Gasteiger partial charge in [-0.15, -0.1) is 0 Å². The fourth-order valence-corrected chi connectivity index (χ4v) is 4.75. The van der Waals surface area contributed by atoms with Crippen molar-refractivity contribution in [2.45, 2.75) is 44.3 Å². The molecule has 0 saturated carbocycles. The van der Waals surface area contributed by atoms with Crippen LogP contribution in [0, 0.1) is 11.2 Å². The number of benzene rings is 2. The van der Waals surface area contributed by atoms with Crippen molar-refractivity contribution in [1.29, 1.82) is 0 Å². The van der Waals surface area contributed by atoms with Crippen molar-refractivity contribution in [3.8, 4) is 0 Å². The van der Waals surface area contributed by atoms with Crippen LogP contribution < -0.4 is 0 Å². The minimum Gasteiger partial charge on any atom is -0.480 e. The Kier molecular flexibility index (Phi) is 7.34. The van der Waals surface area contributed by atoms with E-state index < -0.39 is 40.7 Å². The molecule has 4 atom stereocenters. The number of aromatic nitrogens is 1. The number of aliphatic carboxylic acids is 1. The fourth-order valence-electron chi connectivity index (χ4n) is 4.75. The molecule has 34 heavy (non-hydrogen) atoms. The van der Waals surface area contributed by atoms with Crippen molar-refractivity contribution in [2.75, 3.05) is 0 Å². The van der Waals surface area contributed by atoms with Crippen molar-refractivity contribution < 1.29 is 24.5 Å². The third-order valence-electron chi connectivity index (χ3n) is 6.52. The number of halogens is 1. The normalized spacial score (nSPS) is 16.2. The molecular formula is C28H30FNO4. The number of rotatable bonds is 8. The molecule has 0 amide bonds. The van der Waals surface area contributed by atoms with Crippen molar-refractivity contribution in [3.63, 3.8) is 0 Å². The van der Waals surface area contributed by atoms with E-state index in [9.17, 15) is 24.5 Å². The largest absolute Gasteiger partial charge is 0.480 e. The Morgan fingerprint density at radius 3 is 2.09 bits per heavy atom. The molecule has 3 rings (SSSR count). The summed E-state index contributed by atoms with van der Waals surface area (Å²) < 4.78 is 13.7. The van der Waals surface area contributed by atoms with Gasteiger partial charge >= 0.3 is 5.97 Å². The van der Waals surface area contributed by atoms with Gasteiger partial charge in [0, 0.05) is 18.3 Å². The first-order chi connectivity index (χ1) is 16.0. The van der Waals surface area contributed by atoms with Gasteiger partial charge in [-0.05, 0) is 45.9 Å². The van der Waals surface area contributed by atoms with Crippen LogP contribution in [0.15, 0.2) is 85.7 Å². The van der Waals surface area contributed by atoms with Crippen molar-refractivity contribution in [3.05, 3.63) is 108 Å². The molecule has 0 radical (unpaired) electrons. The second-order valence-corrected chi connectivity index (χ2v) is 9.46. The van der Waals surface area contributed by atoms with Crippen molar-refractivity contribution in [1.82, 2.24) is 4.98 Å². The summed E-state index contributed by atoms with van der Waals surface area (Å²) >= 11 is 0. The predicted molar refractivity (Wildman–Crippen MR) is 130 cm³/mol. The zero-order valence-corrected chi connectivity index (χ0v) is 19.5. The Balaban J connectivity index is 2.25. The maximum absolute atomic E-state index is 13.7. The molecule has 1 heterocycles. The number of pyridine rings is 1. The standard InChI is InChI=1S/C28H30FNO4/c1-18(19-9-6-5-7-10-19)24(31)23(20-12-14-22(29)15-13-20)25(32)28(26(33)34,27(2,3)4)21-11-8-16-30-17-21/h5-17,23-25,31-32H,1H2,2-4H3,(H,33,34). The first-order valence-corrected chi connectivity index (χ1v) is 11.0. The molecule has 0 bridgehead atoms. The molecule has 0 spiro atoms. The van der Waals surface area contributed by atoms with Gasteiger partial charge in [-0.25, -0.2) is 4.39 Å². The minimum absolute atomic E-state index is 0.298. The van der Waals surface area contributed by atoms with E-state index in [1.165, 1.54) is 36.7 Å². The summed E-state index contributed by atoms with van der Waals surface area (Å²) in [5.41, 5.74) is -1.23. The summed E-state index contributed by atoms with van der Waals surface area (Å²) in [4.78, 5) is 17.1. The van der Waals surface area contributed by atoms with E-state index in [4.69, 9.17) is 0 Å². The third-order valence-corrected chi connectivity index (χ3v) is 6.52. The number of nitrogens with zero attached hydrogens (tertiary/aromatic N) is 1. The zero-order valence-electron chi connectivity index (χ0n) is 19.5. The van der Waals surface area contributed by atoms with Gasteiger partial charge in [0.1, 0.15) is 11.2 Å². The highest BCUT2D eigenvalue weighted by Gasteiger charge is 2.59. The summed E-state index contributed by atoms with van der Waals surface area (Å²) in [6, 6.07) is 17.5. The molecule has 3 aromatic rings. The van der Waals surface area contributed by atoms with E-state index in [0.717, 1.165) is 0 Å². The number of hydrogen-bond acceptors (Lipinski definition) is 4. The predicted octanol–water partition coefficient (Wildman–Crippen LogP) is 4.81. The fraction of sp³-hybridized carbons (Fsp3) is 0.286. The Labute approximate surface area is 199 Å². The number of carbonyl (C=O) groups is 1. The molecule has 4 unspecified atom stereocenters. The Morgan fingerprint density at radius 1 is 0.971 bits per heavy atom. The molecule has 0 aliphatic heterocycles. The highest BCUT2D eigenvalue weighted by Crippen LogP contribution is 2.50. The Bertz CT molecular complexity index is 1130. The molecule has 0 fully saturated rings. The lowest BCUT2D eigenvalue weighted by Gasteiger charge is -2.48. The van der Waals surface area contributed by atoms with E-state index in [1.807, 2.05) is 6.07 Å². The van der Waals surface area contributed by atoms with Crippen LogP contribution in [0.2, 0.25) is 0 Å². The van der Waals surface area contributed by atoms with Crippen LogP contribution in [0.3, 0.4) is 0 Å². The Morgan fingerprint density at radius 2 is 1.59 bits per heavy atom. The SMILES string of the molecule is C=C(c1ccccc1)C(O)C(c1ccc(F)cc1)C(O)C(C(=O)O)(c1cccnc1)C(C)(C)C. The molecule has 5 nitrogen and oxygen atoms in total. The van der Waals surface area contributed by atoms with Crippen molar-refractivity contribution >= 4 is 11.5 Å². The topological polar surface area (TPSA) is 90.7 Å². The molecule has 2 aromatic carbocycles. The lowest BCUT2D eigenvalue weighted by molar-refractivity contribution is -0.158. The molecular weight excluding hydrogens is 433 g/mol. The summed E-state index contributed by atoms with van der Waals surface area (Å²) in [6.07, 6.45) is -0.0482. The maximum atomic E-state index is 13.7. The van der Waals surface area contributed by atoms with Gasteiger partial charge in [0.15, 0.2) is 0 Å². The van der Waals surface area contributed by atoms with E-state index in [2.05, 4.69) is 11.6 Å². The van der Waals surface area contributed by atoms with Gasteiger partial charge in [-0.3, -0.25) is 9.78 Å². The second kappa shape index (κ2) is 9.87. The van der Waals surface area contributed by atoms with Crippen LogP contribution in [0.1, 0.15) is 43.4 Å². The van der Waals surface area contributed by atoms with Crippen molar-refractivity contribution in [2.24, 2.45) is 5.41 Å². The van der Waals surface area contributed by atoms with Crippen LogP contribution in [-0.4, -0.2) is 38.5 Å². The smallest absolute Gasteiger partial charge is 0.317 e. The first-order valence-electron chi connectivity index (χ1n) is 11.0. The third kappa shape index (κ3) is 4.52.